The summed E-state index contributed by atoms with van der Waals surface area (Å²) in [7, 11) is -3.98. The molecule has 0 spiro atoms. The molecule has 0 rings (SSSR count). The van der Waals surface area contributed by atoms with Crippen LogP contribution >= 0.6 is 0 Å². The quantitative estimate of drug-likeness (QED) is 0.337. The van der Waals surface area contributed by atoms with E-state index in [9.17, 15) is 13.5 Å². The number of hydrogen-bond acceptors (Lipinski definition) is 4. The van der Waals surface area contributed by atoms with Crippen LogP contribution in [0.4, 0.5) is 0 Å². The Kier molecular flexibility index (Phi) is 10.8. The molecule has 7 heteroatoms. The third kappa shape index (κ3) is 9.74. The summed E-state index contributed by atoms with van der Waals surface area (Å²) in [5, 5.41) is 16.9. The van der Waals surface area contributed by atoms with Gasteiger partial charge in [0.15, 0.2) is 0 Å². The average Bonchev–Trinajstić information content (AvgIpc) is 2.09. The fourth-order valence-corrected chi connectivity index (χ4v) is 1.48. The third-order valence-corrected chi connectivity index (χ3v) is 3.36. The van der Waals surface area contributed by atoms with E-state index in [0.717, 1.165) is 0 Å². The van der Waals surface area contributed by atoms with Gasteiger partial charge < -0.3 is 11.6 Å². The SMILES string of the molecule is CC(CCC(O)CCCO)S(=O)(=O)O.[H-].[Na+]. The van der Waals surface area contributed by atoms with Crippen molar-refractivity contribution in [2.75, 3.05) is 6.61 Å². The van der Waals surface area contributed by atoms with Gasteiger partial charge in [-0.05, 0) is 32.6 Å². The zero-order valence-corrected chi connectivity index (χ0v) is 12.1. The van der Waals surface area contributed by atoms with Crippen molar-refractivity contribution < 1.29 is 54.2 Å². The summed E-state index contributed by atoms with van der Waals surface area (Å²) in [6.45, 7) is 1.42. The molecule has 0 aliphatic rings. The molecule has 0 saturated carbocycles. The molecule has 0 amide bonds. The van der Waals surface area contributed by atoms with E-state index < -0.39 is 21.5 Å². The Morgan fingerprint density at radius 2 is 1.80 bits per heavy atom. The standard InChI is InChI=1S/C8H18O5S.Na.H/c1-7(14(11,12)13)4-5-8(10)3-2-6-9;;/h7-10H,2-6H2,1H3,(H,11,12,13);;/q;+1;-1. The normalized spacial score (nSPS) is 15.5. The van der Waals surface area contributed by atoms with Crippen LogP contribution in [0.3, 0.4) is 0 Å². The molecule has 0 aromatic carbocycles. The molecule has 3 N–H and O–H groups in total. The molecule has 0 saturated heterocycles. The summed E-state index contributed by atoms with van der Waals surface area (Å²) in [5.41, 5.74) is 0. The Morgan fingerprint density at radius 3 is 2.20 bits per heavy atom. The predicted molar refractivity (Wildman–Crippen MR) is 53.7 cm³/mol. The summed E-state index contributed by atoms with van der Waals surface area (Å²) in [4.78, 5) is 0. The Hall–Kier alpha value is 0.830. The van der Waals surface area contributed by atoms with Crippen LogP contribution in [0.5, 0.6) is 0 Å². The van der Waals surface area contributed by atoms with Crippen LogP contribution in [0.1, 0.15) is 34.0 Å². The van der Waals surface area contributed by atoms with Gasteiger partial charge in [-0.15, -0.1) is 0 Å². The van der Waals surface area contributed by atoms with Crippen LogP contribution < -0.4 is 29.6 Å². The molecule has 0 radical (unpaired) electrons. The van der Waals surface area contributed by atoms with E-state index in [1.165, 1.54) is 6.92 Å². The number of rotatable bonds is 7. The topological polar surface area (TPSA) is 94.8 Å². The van der Waals surface area contributed by atoms with Gasteiger partial charge in [-0.25, -0.2) is 0 Å². The minimum absolute atomic E-state index is 0. The van der Waals surface area contributed by atoms with Crippen LogP contribution in [0, 0.1) is 0 Å². The second kappa shape index (κ2) is 8.92. The van der Waals surface area contributed by atoms with Crippen molar-refractivity contribution >= 4 is 10.1 Å². The fourth-order valence-electron chi connectivity index (χ4n) is 1.05. The van der Waals surface area contributed by atoms with Gasteiger partial charge in [0.05, 0.1) is 11.4 Å². The molecule has 0 aliphatic heterocycles. The zero-order chi connectivity index (χ0) is 11.2. The molecule has 0 heterocycles. The van der Waals surface area contributed by atoms with Crippen LogP contribution in [0.2, 0.25) is 0 Å². The molecule has 0 aromatic rings. The van der Waals surface area contributed by atoms with Gasteiger partial charge in [0.25, 0.3) is 10.1 Å². The second-order valence-electron chi connectivity index (χ2n) is 3.42. The number of hydrogen-bond donors (Lipinski definition) is 3. The third-order valence-electron chi connectivity index (χ3n) is 2.11. The molecule has 5 nitrogen and oxygen atoms in total. The summed E-state index contributed by atoms with van der Waals surface area (Å²) in [5.74, 6) is 0. The van der Waals surface area contributed by atoms with Gasteiger partial charge in [0, 0.05) is 6.61 Å². The average molecular weight is 250 g/mol. The smallest absolute Gasteiger partial charge is 1.00 e. The molecule has 0 aromatic heterocycles. The molecule has 0 fully saturated rings. The van der Waals surface area contributed by atoms with Gasteiger partial charge in [-0.1, -0.05) is 0 Å². The predicted octanol–water partition coefficient (Wildman–Crippen LogP) is -2.71. The van der Waals surface area contributed by atoms with Gasteiger partial charge in [0.1, 0.15) is 0 Å². The summed E-state index contributed by atoms with van der Waals surface area (Å²) >= 11 is 0. The monoisotopic (exact) mass is 250 g/mol. The largest absolute Gasteiger partial charge is 1.00 e. The maximum Gasteiger partial charge on any atom is 1.00 e. The maximum absolute atomic E-state index is 10.6. The van der Waals surface area contributed by atoms with Crippen molar-refractivity contribution in [3.63, 3.8) is 0 Å². The Balaban J connectivity index is -0.000000845. The molecule has 2 atom stereocenters. The van der Waals surface area contributed by atoms with Gasteiger partial charge in [-0.3, -0.25) is 4.55 Å². The van der Waals surface area contributed by atoms with Gasteiger partial charge >= 0.3 is 29.6 Å². The minimum atomic E-state index is -3.98. The van der Waals surface area contributed by atoms with E-state index in [1.807, 2.05) is 0 Å². The van der Waals surface area contributed by atoms with Crippen LogP contribution in [-0.2, 0) is 10.1 Å². The van der Waals surface area contributed by atoms with Crippen molar-refractivity contribution in [1.82, 2.24) is 0 Å². The first-order chi connectivity index (χ1) is 6.38. The molecule has 2 unspecified atom stereocenters. The molecule has 0 bridgehead atoms. The van der Waals surface area contributed by atoms with E-state index in [1.54, 1.807) is 0 Å². The molecule has 15 heavy (non-hydrogen) atoms. The molecular formula is C8H19NaO5S. The first-order valence-corrected chi connectivity index (χ1v) is 6.13. The summed E-state index contributed by atoms with van der Waals surface area (Å²) < 4.78 is 29.8. The Bertz CT molecular complexity index is 247. The van der Waals surface area contributed by atoms with Gasteiger partial charge in [-0.2, -0.15) is 8.42 Å². The van der Waals surface area contributed by atoms with Crippen LogP contribution in [0.15, 0.2) is 0 Å². The molecular weight excluding hydrogens is 231 g/mol. The first-order valence-electron chi connectivity index (χ1n) is 4.63. The van der Waals surface area contributed by atoms with Crippen LogP contribution in [0.25, 0.3) is 0 Å². The Labute approximate surface area is 114 Å². The number of aliphatic hydroxyl groups is 2. The van der Waals surface area contributed by atoms with E-state index in [2.05, 4.69) is 0 Å². The van der Waals surface area contributed by atoms with E-state index >= 15 is 0 Å². The number of aliphatic hydroxyl groups excluding tert-OH is 2. The van der Waals surface area contributed by atoms with Crippen molar-refractivity contribution in [1.29, 1.82) is 0 Å². The van der Waals surface area contributed by atoms with Crippen molar-refractivity contribution in [3.05, 3.63) is 0 Å². The Morgan fingerprint density at radius 1 is 1.27 bits per heavy atom. The maximum atomic E-state index is 10.6. The first kappa shape index (κ1) is 18.2. The minimum Gasteiger partial charge on any atom is -1.00 e. The van der Waals surface area contributed by atoms with Crippen molar-refractivity contribution in [2.24, 2.45) is 0 Å². The molecule has 0 aliphatic carbocycles. The zero-order valence-electron chi connectivity index (χ0n) is 10.3. The van der Waals surface area contributed by atoms with E-state index in [0.29, 0.717) is 19.3 Å². The van der Waals surface area contributed by atoms with E-state index in [-0.39, 0.29) is 44.0 Å². The van der Waals surface area contributed by atoms with Crippen LogP contribution in [-0.4, -0.2) is 41.1 Å². The van der Waals surface area contributed by atoms with Crippen molar-refractivity contribution in [3.8, 4) is 0 Å². The second-order valence-corrected chi connectivity index (χ2v) is 5.26. The molecule has 88 valence electrons. The van der Waals surface area contributed by atoms with E-state index in [4.69, 9.17) is 9.66 Å². The summed E-state index contributed by atoms with van der Waals surface area (Å²) in [6.07, 6.45) is 0.897. The summed E-state index contributed by atoms with van der Waals surface area (Å²) in [6, 6.07) is 0. The van der Waals surface area contributed by atoms with Crippen molar-refractivity contribution in [2.45, 2.75) is 44.0 Å². The fraction of sp³-hybridized carbons (Fsp3) is 1.00. The van der Waals surface area contributed by atoms with Gasteiger partial charge in [0.2, 0.25) is 0 Å².